The van der Waals surface area contributed by atoms with Crippen LogP contribution in [-0.4, -0.2) is 52.9 Å². The smallest absolute Gasteiger partial charge is 0.253 e. The molecule has 2 aromatic rings. The first-order valence-corrected chi connectivity index (χ1v) is 10.2. The van der Waals surface area contributed by atoms with E-state index in [2.05, 4.69) is 10.7 Å². The standard InChI is InChI=1S/C21H21ClN4O4S/c1-25-20(29)17(12-18(27)23-15-7-5-14(22)6-8-15)26(21(25)31)24-19(28)11-13-3-9-16(30-2)10-4-13/h3-10,17H,11-12H2,1-2H3,(H,23,27)(H,24,28). The average Bonchev–Trinajstić information content (AvgIpc) is 2.94. The Labute approximate surface area is 190 Å². The van der Waals surface area contributed by atoms with Crippen molar-refractivity contribution in [1.82, 2.24) is 15.3 Å². The summed E-state index contributed by atoms with van der Waals surface area (Å²) in [5.74, 6) is -0.447. The van der Waals surface area contributed by atoms with Crippen molar-refractivity contribution in [2.45, 2.75) is 18.9 Å². The van der Waals surface area contributed by atoms with Gasteiger partial charge in [-0.05, 0) is 54.2 Å². The highest BCUT2D eigenvalue weighted by molar-refractivity contribution is 7.80. The molecule has 10 heteroatoms. The monoisotopic (exact) mass is 460 g/mol. The van der Waals surface area contributed by atoms with Crippen LogP contribution in [0.1, 0.15) is 12.0 Å². The van der Waals surface area contributed by atoms with E-state index in [0.717, 1.165) is 5.56 Å². The van der Waals surface area contributed by atoms with Crippen LogP contribution in [0.15, 0.2) is 48.5 Å². The number of carbonyl (C=O) groups is 3. The van der Waals surface area contributed by atoms with Crippen molar-refractivity contribution in [3.63, 3.8) is 0 Å². The Morgan fingerprint density at radius 1 is 1.10 bits per heavy atom. The van der Waals surface area contributed by atoms with Gasteiger partial charge in [-0.2, -0.15) is 0 Å². The molecule has 8 nitrogen and oxygen atoms in total. The number of hydrogen-bond donors (Lipinski definition) is 2. The largest absolute Gasteiger partial charge is 0.497 e. The summed E-state index contributed by atoms with van der Waals surface area (Å²) in [4.78, 5) is 38.9. The molecule has 0 radical (unpaired) electrons. The van der Waals surface area contributed by atoms with Crippen LogP contribution in [0.5, 0.6) is 5.75 Å². The number of likely N-dealkylation sites (N-methyl/N-ethyl adjacent to an activating group) is 1. The summed E-state index contributed by atoms with van der Waals surface area (Å²) in [6.45, 7) is 0. The number of carbonyl (C=O) groups excluding carboxylic acids is 3. The average molecular weight is 461 g/mol. The van der Waals surface area contributed by atoms with Crippen molar-refractivity contribution < 1.29 is 19.1 Å². The summed E-state index contributed by atoms with van der Waals surface area (Å²) in [5, 5.41) is 4.64. The van der Waals surface area contributed by atoms with Crippen molar-refractivity contribution in [2.24, 2.45) is 0 Å². The van der Waals surface area contributed by atoms with Crippen LogP contribution in [0.3, 0.4) is 0 Å². The summed E-state index contributed by atoms with van der Waals surface area (Å²) >= 11 is 11.1. The number of ether oxygens (including phenoxy) is 1. The van der Waals surface area contributed by atoms with E-state index in [9.17, 15) is 14.4 Å². The van der Waals surface area contributed by atoms with E-state index in [-0.39, 0.29) is 29.8 Å². The molecule has 2 aromatic carbocycles. The molecule has 1 saturated heterocycles. The molecular formula is C21H21ClN4O4S. The highest BCUT2D eigenvalue weighted by atomic mass is 35.5. The number of nitrogens with one attached hydrogen (secondary N) is 2. The van der Waals surface area contributed by atoms with Gasteiger partial charge in [-0.25, -0.2) is 5.01 Å². The Balaban J connectivity index is 1.65. The molecule has 2 N–H and O–H groups in total. The quantitative estimate of drug-likeness (QED) is 0.616. The zero-order valence-electron chi connectivity index (χ0n) is 16.9. The zero-order chi connectivity index (χ0) is 22.5. The lowest BCUT2D eigenvalue weighted by Crippen LogP contribution is -2.50. The maximum atomic E-state index is 12.6. The number of halogens is 1. The van der Waals surface area contributed by atoms with Crippen molar-refractivity contribution in [2.75, 3.05) is 19.5 Å². The third kappa shape index (κ3) is 5.50. The fourth-order valence-electron chi connectivity index (χ4n) is 3.05. The Bertz CT molecular complexity index is 997. The lowest BCUT2D eigenvalue weighted by Gasteiger charge is -2.24. The second-order valence-corrected chi connectivity index (χ2v) is 7.69. The first-order valence-electron chi connectivity index (χ1n) is 9.37. The van der Waals surface area contributed by atoms with Crippen LogP contribution in [-0.2, 0) is 20.8 Å². The molecule has 1 atom stereocenters. The van der Waals surface area contributed by atoms with Crippen LogP contribution in [0.2, 0.25) is 5.02 Å². The van der Waals surface area contributed by atoms with Gasteiger partial charge in [0.15, 0.2) is 5.11 Å². The number of hydrogen-bond acceptors (Lipinski definition) is 5. The van der Waals surface area contributed by atoms with Gasteiger partial charge in [0.1, 0.15) is 11.8 Å². The molecule has 0 bridgehead atoms. The molecule has 162 valence electrons. The molecule has 0 aliphatic carbocycles. The van der Waals surface area contributed by atoms with Crippen molar-refractivity contribution in [1.29, 1.82) is 0 Å². The summed E-state index contributed by atoms with van der Waals surface area (Å²) in [6, 6.07) is 12.7. The van der Waals surface area contributed by atoms with Crippen LogP contribution < -0.4 is 15.5 Å². The van der Waals surface area contributed by atoms with Gasteiger partial charge in [0.05, 0.1) is 20.0 Å². The van der Waals surface area contributed by atoms with Crippen molar-refractivity contribution in [3.05, 3.63) is 59.1 Å². The molecule has 3 rings (SSSR count). The molecule has 1 aliphatic heterocycles. The topological polar surface area (TPSA) is 91.0 Å². The molecule has 1 heterocycles. The van der Waals surface area contributed by atoms with Gasteiger partial charge >= 0.3 is 0 Å². The minimum atomic E-state index is -0.940. The molecule has 0 spiro atoms. The lowest BCUT2D eigenvalue weighted by atomic mass is 10.1. The van der Waals surface area contributed by atoms with E-state index in [4.69, 9.17) is 28.6 Å². The van der Waals surface area contributed by atoms with Gasteiger partial charge < -0.3 is 10.1 Å². The van der Waals surface area contributed by atoms with Crippen LogP contribution in [0.4, 0.5) is 5.69 Å². The third-order valence-corrected chi connectivity index (χ3v) is 5.42. The number of amides is 3. The van der Waals surface area contributed by atoms with Gasteiger partial charge in [-0.15, -0.1) is 0 Å². The van der Waals surface area contributed by atoms with E-state index in [1.165, 1.54) is 17.0 Å². The van der Waals surface area contributed by atoms with Crippen LogP contribution in [0.25, 0.3) is 0 Å². The van der Waals surface area contributed by atoms with Crippen LogP contribution in [0, 0.1) is 0 Å². The molecular weight excluding hydrogens is 440 g/mol. The second-order valence-electron chi connectivity index (χ2n) is 6.88. The number of hydrazine groups is 1. The summed E-state index contributed by atoms with van der Waals surface area (Å²) in [7, 11) is 3.07. The van der Waals surface area contributed by atoms with Gasteiger partial charge in [0, 0.05) is 17.8 Å². The van der Waals surface area contributed by atoms with Gasteiger partial charge in [-0.1, -0.05) is 23.7 Å². The number of thiocarbonyl (C=S) groups is 1. The van der Waals surface area contributed by atoms with Crippen molar-refractivity contribution >= 4 is 52.3 Å². The maximum absolute atomic E-state index is 12.6. The molecule has 1 fully saturated rings. The highest BCUT2D eigenvalue weighted by Gasteiger charge is 2.42. The summed E-state index contributed by atoms with van der Waals surface area (Å²) < 4.78 is 5.11. The van der Waals surface area contributed by atoms with E-state index < -0.39 is 11.9 Å². The first-order chi connectivity index (χ1) is 14.8. The first kappa shape index (κ1) is 22.5. The lowest BCUT2D eigenvalue weighted by molar-refractivity contribution is -0.132. The second kappa shape index (κ2) is 9.76. The maximum Gasteiger partial charge on any atom is 0.253 e. The predicted molar refractivity (Wildman–Crippen MR) is 121 cm³/mol. The molecule has 1 aliphatic rings. The third-order valence-electron chi connectivity index (χ3n) is 4.70. The van der Waals surface area contributed by atoms with Gasteiger partial charge in [-0.3, -0.25) is 24.7 Å². The summed E-state index contributed by atoms with van der Waals surface area (Å²) in [5.41, 5.74) is 3.97. The minimum Gasteiger partial charge on any atom is -0.497 e. The molecule has 3 amide bonds. The minimum absolute atomic E-state index is 0.0741. The SMILES string of the molecule is COc1ccc(CC(=O)NN2C(=S)N(C)C(=O)C2CC(=O)Nc2ccc(Cl)cc2)cc1. The number of nitrogens with zero attached hydrogens (tertiary/aromatic N) is 2. The fourth-order valence-corrected chi connectivity index (χ4v) is 3.44. The number of benzene rings is 2. The summed E-state index contributed by atoms with van der Waals surface area (Å²) in [6.07, 6.45) is -0.112. The molecule has 1 unspecified atom stereocenters. The van der Waals surface area contributed by atoms with E-state index in [0.29, 0.717) is 16.5 Å². The number of rotatable bonds is 7. The fraction of sp³-hybridized carbons (Fsp3) is 0.238. The molecule has 0 aromatic heterocycles. The Morgan fingerprint density at radius 2 is 1.74 bits per heavy atom. The van der Waals surface area contributed by atoms with Gasteiger partial charge in [0.25, 0.3) is 5.91 Å². The Hall–Kier alpha value is -3.17. The number of methoxy groups -OCH3 is 1. The predicted octanol–water partition coefficient (Wildman–Crippen LogP) is 2.38. The highest BCUT2D eigenvalue weighted by Crippen LogP contribution is 2.19. The molecule has 0 saturated carbocycles. The normalized spacial score (nSPS) is 15.8. The molecule has 31 heavy (non-hydrogen) atoms. The van der Waals surface area contributed by atoms with E-state index in [1.807, 2.05) is 0 Å². The number of anilines is 1. The van der Waals surface area contributed by atoms with Crippen molar-refractivity contribution in [3.8, 4) is 5.75 Å². The van der Waals surface area contributed by atoms with E-state index in [1.54, 1.807) is 55.6 Å². The Morgan fingerprint density at radius 3 is 2.35 bits per heavy atom. The van der Waals surface area contributed by atoms with Crippen LogP contribution >= 0.6 is 23.8 Å². The van der Waals surface area contributed by atoms with Gasteiger partial charge in [0.2, 0.25) is 11.8 Å². The van der Waals surface area contributed by atoms with E-state index >= 15 is 0 Å². The zero-order valence-corrected chi connectivity index (χ0v) is 18.5. The Kier molecular flexibility index (Phi) is 7.09.